The lowest BCUT2D eigenvalue weighted by atomic mass is 10.1. The SMILES string of the molecule is CCC(OC(CC)C(O)CCO)C(O)CCO. The zero-order valence-electron chi connectivity index (χ0n) is 10.7. The van der Waals surface area contributed by atoms with E-state index >= 15 is 0 Å². The van der Waals surface area contributed by atoms with Crippen molar-refractivity contribution in [2.24, 2.45) is 0 Å². The Balaban J connectivity index is 4.29. The highest BCUT2D eigenvalue weighted by atomic mass is 16.5. The molecule has 17 heavy (non-hydrogen) atoms. The van der Waals surface area contributed by atoms with E-state index in [-0.39, 0.29) is 38.3 Å². The van der Waals surface area contributed by atoms with Crippen molar-refractivity contribution >= 4 is 0 Å². The van der Waals surface area contributed by atoms with E-state index in [1.165, 1.54) is 0 Å². The van der Waals surface area contributed by atoms with Gasteiger partial charge in [0.1, 0.15) is 0 Å². The van der Waals surface area contributed by atoms with Crippen LogP contribution in [-0.4, -0.2) is 58.1 Å². The Morgan fingerprint density at radius 3 is 1.41 bits per heavy atom. The van der Waals surface area contributed by atoms with Crippen LogP contribution in [0.1, 0.15) is 39.5 Å². The van der Waals surface area contributed by atoms with Crippen LogP contribution < -0.4 is 0 Å². The monoisotopic (exact) mass is 250 g/mol. The zero-order chi connectivity index (χ0) is 13.3. The maximum Gasteiger partial charge on any atom is 0.0837 e. The lowest BCUT2D eigenvalue weighted by molar-refractivity contribution is -0.124. The summed E-state index contributed by atoms with van der Waals surface area (Å²) in [6.45, 7) is 3.60. The summed E-state index contributed by atoms with van der Waals surface area (Å²) in [7, 11) is 0. The third-order valence-electron chi connectivity index (χ3n) is 2.86. The third kappa shape index (κ3) is 6.33. The fourth-order valence-electron chi connectivity index (χ4n) is 1.78. The Bertz CT molecular complexity index is 158. The van der Waals surface area contributed by atoms with E-state index in [2.05, 4.69) is 0 Å². The Morgan fingerprint density at radius 1 is 0.824 bits per heavy atom. The van der Waals surface area contributed by atoms with E-state index in [9.17, 15) is 10.2 Å². The van der Waals surface area contributed by atoms with Crippen LogP contribution in [-0.2, 0) is 4.74 Å². The minimum absolute atomic E-state index is 0.0863. The summed E-state index contributed by atoms with van der Waals surface area (Å²) in [5.41, 5.74) is 0. The van der Waals surface area contributed by atoms with Crippen molar-refractivity contribution < 1.29 is 25.2 Å². The molecule has 0 saturated heterocycles. The van der Waals surface area contributed by atoms with Gasteiger partial charge in [0, 0.05) is 13.2 Å². The molecule has 0 aromatic carbocycles. The predicted octanol–water partition coefficient (Wildman–Crippen LogP) is 0.0468. The lowest BCUT2D eigenvalue weighted by Crippen LogP contribution is -2.38. The van der Waals surface area contributed by atoms with Gasteiger partial charge in [0.05, 0.1) is 24.4 Å². The Kier molecular flexibility index (Phi) is 9.68. The molecule has 4 N–H and O–H groups in total. The zero-order valence-corrected chi connectivity index (χ0v) is 10.7. The number of hydrogen-bond acceptors (Lipinski definition) is 5. The molecule has 0 fully saturated rings. The van der Waals surface area contributed by atoms with Crippen molar-refractivity contribution in [2.75, 3.05) is 13.2 Å². The summed E-state index contributed by atoms with van der Waals surface area (Å²) in [4.78, 5) is 0. The van der Waals surface area contributed by atoms with E-state index in [0.29, 0.717) is 12.8 Å². The lowest BCUT2D eigenvalue weighted by Gasteiger charge is -2.29. The molecule has 104 valence electrons. The van der Waals surface area contributed by atoms with Crippen LogP contribution in [0.25, 0.3) is 0 Å². The highest BCUT2D eigenvalue weighted by molar-refractivity contribution is 4.74. The number of aliphatic hydroxyl groups is 4. The highest BCUT2D eigenvalue weighted by Gasteiger charge is 2.25. The average Bonchev–Trinajstić information content (AvgIpc) is 2.31. The summed E-state index contributed by atoms with van der Waals surface area (Å²) in [5, 5.41) is 37.0. The van der Waals surface area contributed by atoms with Gasteiger partial charge in [-0.25, -0.2) is 0 Å². The van der Waals surface area contributed by atoms with E-state index in [4.69, 9.17) is 14.9 Å². The normalized spacial score (nSPS) is 18.7. The number of hydrogen-bond donors (Lipinski definition) is 4. The van der Waals surface area contributed by atoms with Crippen molar-refractivity contribution in [1.29, 1.82) is 0 Å². The highest BCUT2D eigenvalue weighted by Crippen LogP contribution is 2.16. The summed E-state index contributed by atoms with van der Waals surface area (Å²) >= 11 is 0. The van der Waals surface area contributed by atoms with Gasteiger partial charge in [-0.1, -0.05) is 13.8 Å². The Hall–Kier alpha value is -0.200. The van der Waals surface area contributed by atoms with E-state index in [1.807, 2.05) is 13.8 Å². The van der Waals surface area contributed by atoms with E-state index < -0.39 is 12.2 Å². The topological polar surface area (TPSA) is 90.2 Å². The molecule has 5 nitrogen and oxygen atoms in total. The van der Waals surface area contributed by atoms with Gasteiger partial charge in [-0.3, -0.25) is 0 Å². The fourth-order valence-corrected chi connectivity index (χ4v) is 1.78. The molecule has 0 rings (SSSR count). The first-order valence-electron chi connectivity index (χ1n) is 6.33. The van der Waals surface area contributed by atoms with Crippen LogP contribution in [0.3, 0.4) is 0 Å². The molecule has 0 bridgehead atoms. The van der Waals surface area contributed by atoms with E-state index in [0.717, 1.165) is 0 Å². The van der Waals surface area contributed by atoms with Gasteiger partial charge in [0.25, 0.3) is 0 Å². The Morgan fingerprint density at radius 2 is 1.18 bits per heavy atom. The molecule has 0 radical (unpaired) electrons. The molecule has 0 heterocycles. The molecule has 0 aliphatic carbocycles. The molecular formula is C12H26O5. The van der Waals surface area contributed by atoms with Crippen LogP contribution in [0.2, 0.25) is 0 Å². The smallest absolute Gasteiger partial charge is 0.0837 e. The van der Waals surface area contributed by atoms with Crippen LogP contribution in [0, 0.1) is 0 Å². The molecule has 0 saturated carbocycles. The predicted molar refractivity (Wildman–Crippen MR) is 64.7 cm³/mol. The van der Waals surface area contributed by atoms with Gasteiger partial charge in [-0.05, 0) is 25.7 Å². The molecule has 4 atom stereocenters. The van der Waals surface area contributed by atoms with Gasteiger partial charge in [0.2, 0.25) is 0 Å². The van der Waals surface area contributed by atoms with Gasteiger partial charge in [-0.2, -0.15) is 0 Å². The third-order valence-corrected chi connectivity index (χ3v) is 2.86. The molecule has 0 aromatic heterocycles. The maximum absolute atomic E-state index is 9.75. The van der Waals surface area contributed by atoms with Crippen LogP contribution >= 0.6 is 0 Å². The van der Waals surface area contributed by atoms with Gasteiger partial charge in [-0.15, -0.1) is 0 Å². The summed E-state index contributed by atoms with van der Waals surface area (Å²) in [5.74, 6) is 0. The van der Waals surface area contributed by atoms with Crippen molar-refractivity contribution in [3.05, 3.63) is 0 Å². The molecule has 0 spiro atoms. The molecular weight excluding hydrogens is 224 g/mol. The van der Waals surface area contributed by atoms with Crippen LogP contribution in [0.15, 0.2) is 0 Å². The second-order valence-electron chi connectivity index (χ2n) is 4.19. The second kappa shape index (κ2) is 9.79. The average molecular weight is 250 g/mol. The van der Waals surface area contributed by atoms with Crippen LogP contribution in [0.4, 0.5) is 0 Å². The molecule has 0 aliphatic heterocycles. The van der Waals surface area contributed by atoms with Gasteiger partial charge < -0.3 is 25.2 Å². The fraction of sp³-hybridized carbons (Fsp3) is 1.00. The Labute approximate surface area is 103 Å². The summed E-state index contributed by atoms with van der Waals surface area (Å²) in [6.07, 6.45) is -0.454. The minimum Gasteiger partial charge on any atom is -0.396 e. The van der Waals surface area contributed by atoms with Crippen LogP contribution in [0.5, 0.6) is 0 Å². The molecule has 0 amide bonds. The first kappa shape index (κ1) is 16.8. The summed E-state index contributed by atoms with van der Waals surface area (Å²) in [6, 6.07) is 0. The van der Waals surface area contributed by atoms with Crippen molar-refractivity contribution in [2.45, 2.75) is 63.9 Å². The van der Waals surface area contributed by atoms with Gasteiger partial charge in [0.15, 0.2) is 0 Å². The number of rotatable bonds is 10. The largest absolute Gasteiger partial charge is 0.396 e. The molecule has 5 heteroatoms. The number of aliphatic hydroxyl groups excluding tert-OH is 4. The first-order valence-corrected chi connectivity index (χ1v) is 6.33. The van der Waals surface area contributed by atoms with Crippen molar-refractivity contribution in [3.8, 4) is 0 Å². The van der Waals surface area contributed by atoms with E-state index in [1.54, 1.807) is 0 Å². The van der Waals surface area contributed by atoms with Crippen molar-refractivity contribution in [3.63, 3.8) is 0 Å². The maximum atomic E-state index is 9.75. The molecule has 4 unspecified atom stereocenters. The van der Waals surface area contributed by atoms with Gasteiger partial charge >= 0.3 is 0 Å². The second-order valence-corrected chi connectivity index (χ2v) is 4.19. The van der Waals surface area contributed by atoms with Crippen molar-refractivity contribution in [1.82, 2.24) is 0 Å². The quantitative estimate of drug-likeness (QED) is 0.440. The first-order chi connectivity index (χ1) is 8.10. The standard InChI is InChI=1S/C12H26O5/c1-3-11(9(15)5-7-13)17-12(4-2)10(16)6-8-14/h9-16H,3-8H2,1-2H3. The number of ether oxygens (including phenoxy) is 1. The minimum atomic E-state index is -0.722. The molecule has 0 aromatic rings. The molecule has 0 aliphatic rings. The summed E-state index contributed by atoms with van der Waals surface area (Å²) < 4.78 is 5.66.